The fourth-order valence-corrected chi connectivity index (χ4v) is 4.00. The van der Waals surface area contributed by atoms with Crippen molar-refractivity contribution in [2.75, 3.05) is 39.5 Å². The summed E-state index contributed by atoms with van der Waals surface area (Å²) in [5.74, 6) is 1.45. The maximum absolute atomic E-state index is 13.1. The van der Waals surface area contributed by atoms with Gasteiger partial charge >= 0.3 is 0 Å². The number of ether oxygens (including phenoxy) is 3. The molecule has 1 heterocycles. The lowest BCUT2D eigenvalue weighted by Gasteiger charge is -2.28. The fraction of sp³-hybridized carbons (Fsp3) is 0.480. The molecule has 1 aliphatic rings. The molecule has 1 amide bonds. The number of hydrogen-bond acceptors (Lipinski definition) is 5. The molecule has 2 aromatic rings. The normalized spacial score (nSPS) is 14.8. The molecule has 0 spiro atoms. The van der Waals surface area contributed by atoms with E-state index < -0.39 is 0 Å². The number of carbonyl (C=O) groups excluding carboxylic acids is 1. The van der Waals surface area contributed by atoms with Gasteiger partial charge < -0.3 is 19.5 Å². The van der Waals surface area contributed by atoms with Crippen molar-refractivity contribution < 1.29 is 19.0 Å². The first-order valence-corrected chi connectivity index (χ1v) is 11.3. The lowest BCUT2D eigenvalue weighted by Crippen LogP contribution is -2.36. The Morgan fingerprint density at radius 2 is 1.52 bits per heavy atom. The number of carbonyl (C=O) groups is 1. The van der Waals surface area contributed by atoms with Crippen LogP contribution in [0, 0.1) is 0 Å². The Balaban J connectivity index is 1.80. The van der Waals surface area contributed by atoms with Crippen molar-refractivity contribution in [3.8, 4) is 17.2 Å². The van der Waals surface area contributed by atoms with Gasteiger partial charge in [-0.1, -0.05) is 30.3 Å². The number of likely N-dealkylation sites (tertiary alicyclic amines) is 1. The maximum Gasteiger partial charge on any atom is 0.251 e. The summed E-state index contributed by atoms with van der Waals surface area (Å²) >= 11 is 0. The quantitative estimate of drug-likeness (QED) is 0.575. The van der Waals surface area contributed by atoms with Crippen LogP contribution in [-0.4, -0.2) is 50.3 Å². The molecule has 6 nitrogen and oxygen atoms in total. The van der Waals surface area contributed by atoms with Gasteiger partial charge in [0.2, 0.25) is 5.75 Å². The van der Waals surface area contributed by atoms with Crippen LogP contribution in [0.15, 0.2) is 42.5 Å². The fourth-order valence-electron chi connectivity index (χ4n) is 4.00. The Morgan fingerprint density at radius 3 is 2.06 bits per heavy atom. The predicted octanol–water partition coefficient (Wildman–Crippen LogP) is 4.45. The molecule has 1 aliphatic heterocycles. The third-order valence-corrected chi connectivity index (χ3v) is 5.39. The predicted molar refractivity (Wildman–Crippen MR) is 122 cm³/mol. The van der Waals surface area contributed by atoms with Crippen LogP contribution in [0.4, 0.5) is 0 Å². The van der Waals surface area contributed by atoms with E-state index in [1.807, 2.05) is 26.8 Å². The summed E-state index contributed by atoms with van der Waals surface area (Å²) in [7, 11) is 0. The van der Waals surface area contributed by atoms with Crippen LogP contribution < -0.4 is 19.5 Å². The van der Waals surface area contributed by atoms with Crippen molar-refractivity contribution in [1.82, 2.24) is 10.2 Å². The molecule has 1 saturated heterocycles. The SMILES string of the molecule is CCOc1cc(C(=O)NCC(c2ccccc2)N2CCCC2)cc(OCC)c1OCC. The zero-order chi connectivity index (χ0) is 22.1. The zero-order valence-electron chi connectivity index (χ0n) is 18.9. The van der Waals surface area contributed by atoms with Gasteiger partial charge in [-0.05, 0) is 64.4 Å². The minimum Gasteiger partial charge on any atom is -0.490 e. The van der Waals surface area contributed by atoms with E-state index in [1.54, 1.807) is 12.1 Å². The summed E-state index contributed by atoms with van der Waals surface area (Å²) in [6.45, 7) is 9.82. The molecule has 0 saturated carbocycles. The molecular formula is C25H34N2O4. The first-order chi connectivity index (χ1) is 15.2. The summed E-state index contributed by atoms with van der Waals surface area (Å²) in [6, 6.07) is 14.0. The van der Waals surface area contributed by atoms with E-state index in [2.05, 4.69) is 34.5 Å². The van der Waals surface area contributed by atoms with Crippen molar-refractivity contribution >= 4 is 5.91 Å². The summed E-state index contributed by atoms with van der Waals surface area (Å²) in [6.07, 6.45) is 2.40. The molecular weight excluding hydrogens is 392 g/mol. The highest BCUT2D eigenvalue weighted by Crippen LogP contribution is 2.39. The molecule has 2 aromatic carbocycles. The highest BCUT2D eigenvalue weighted by Gasteiger charge is 2.25. The van der Waals surface area contributed by atoms with Crippen LogP contribution in [-0.2, 0) is 0 Å². The Morgan fingerprint density at radius 1 is 0.935 bits per heavy atom. The smallest absolute Gasteiger partial charge is 0.251 e. The van der Waals surface area contributed by atoms with Crippen LogP contribution in [0.3, 0.4) is 0 Å². The largest absolute Gasteiger partial charge is 0.490 e. The minimum absolute atomic E-state index is 0.148. The summed E-state index contributed by atoms with van der Waals surface area (Å²) in [4.78, 5) is 15.5. The molecule has 0 aliphatic carbocycles. The van der Waals surface area contributed by atoms with Crippen molar-refractivity contribution in [3.05, 3.63) is 53.6 Å². The van der Waals surface area contributed by atoms with E-state index in [0.29, 0.717) is 49.2 Å². The monoisotopic (exact) mass is 426 g/mol. The second kappa shape index (κ2) is 11.6. The van der Waals surface area contributed by atoms with Gasteiger partial charge in [0.15, 0.2) is 11.5 Å². The third-order valence-electron chi connectivity index (χ3n) is 5.39. The number of nitrogens with zero attached hydrogens (tertiary/aromatic N) is 1. The summed E-state index contributed by atoms with van der Waals surface area (Å²) < 4.78 is 17.2. The summed E-state index contributed by atoms with van der Waals surface area (Å²) in [5, 5.41) is 3.13. The highest BCUT2D eigenvalue weighted by atomic mass is 16.5. The number of rotatable bonds is 11. The maximum atomic E-state index is 13.1. The Kier molecular flexibility index (Phi) is 8.59. The Hall–Kier alpha value is -2.73. The molecule has 1 unspecified atom stereocenters. The van der Waals surface area contributed by atoms with Gasteiger partial charge in [-0.2, -0.15) is 0 Å². The van der Waals surface area contributed by atoms with Gasteiger partial charge in [-0.25, -0.2) is 0 Å². The molecule has 1 fully saturated rings. The molecule has 1 N–H and O–H groups in total. The zero-order valence-corrected chi connectivity index (χ0v) is 18.9. The van der Waals surface area contributed by atoms with Crippen LogP contribution in [0.1, 0.15) is 55.6 Å². The van der Waals surface area contributed by atoms with Gasteiger partial charge in [0.05, 0.1) is 25.9 Å². The molecule has 0 aromatic heterocycles. The van der Waals surface area contributed by atoms with E-state index in [4.69, 9.17) is 14.2 Å². The number of hydrogen-bond donors (Lipinski definition) is 1. The van der Waals surface area contributed by atoms with Crippen molar-refractivity contribution in [2.45, 2.75) is 39.7 Å². The number of amides is 1. The standard InChI is InChI=1S/C25H34N2O4/c1-4-29-22-16-20(17-23(30-5-2)24(22)31-6-3)25(28)26-18-21(27-14-10-11-15-27)19-12-8-7-9-13-19/h7-9,12-13,16-17,21H,4-6,10-11,14-15,18H2,1-3H3,(H,26,28). The topological polar surface area (TPSA) is 60.0 Å². The van der Waals surface area contributed by atoms with E-state index in [0.717, 1.165) is 13.1 Å². The molecule has 6 heteroatoms. The molecule has 3 rings (SSSR count). The first kappa shape index (κ1) is 22.9. The van der Waals surface area contributed by atoms with Crippen molar-refractivity contribution in [2.24, 2.45) is 0 Å². The minimum atomic E-state index is -0.148. The van der Waals surface area contributed by atoms with Crippen molar-refractivity contribution in [3.63, 3.8) is 0 Å². The molecule has 0 bridgehead atoms. The second-order valence-corrected chi connectivity index (χ2v) is 7.48. The van der Waals surface area contributed by atoms with Gasteiger partial charge in [-0.15, -0.1) is 0 Å². The summed E-state index contributed by atoms with van der Waals surface area (Å²) in [5.41, 5.74) is 1.73. The lowest BCUT2D eigenvalue weighted by atomic mass is 10.1. The van der Waals surface area contributed by atoms with E-state index in [1.165, 1.54) is 18.4 Å². The molecule has 0 radical (unpaired) electrons. The van der Waals surface area contributed by atoms with Crippen LogP contribution in [0.2, 0.25) is 0 Å². The van der Waals surface area contributed by atoms with E-state index >= 15 is 0 Å². The average molecular weight is 427 g/mol. The second-order valence-electron chi connectivity index (χ2n) is 7.48. The highest BCUT2D eigenvalue weighted by molar-refractivity contribution is 5.95. The van der Waals surface area contributed by atoms with E-state index in [-0.39, 0.29) is 11.9 Å². The Bertz CT molecular complexity index is 808. The van der Waals surface area contributed by atoms with Crippen LogP contribution in [0.25, 0.3) is 0 Å². The molecule has 1 atom stereocenters. The van der Waals surface area contributed by atoms with Gasteiger partial charge in [0.1, 0.15) is 0 Å². The number of nitrogens with one attached hydrogen (secondary N) is 1. The third kappa shape index (κ3) is 5.91. The van der Waals surface area contributed by atoms with Gasteiger partial charge in [0.25, 0.3) is 5.91 Å². The van der Waals surface area contributed by atoms with Crippen molar-refractivity contribution in [1.29, 1.82) is 0 Å². The van der Waals surface area contributed by atoms with Gasteiger partial charge in [0, 0.05) is 12.1 Å². The lowest BCUT2D eigenvalue weighted by molar-refractivity contribution is 0.0936. The first-order valence-electron chi connectivity index (χ1n) is 11.3. The van der Waals surface area contributed by atoms with E-state index in [9.17, 15) is 4.79 Å². The molecule has 31 heavy (non-hydrogen) atoms. The van der Waals surface area contributed by atoms with Gasteiger partial charge in [-0.3, -0.25) is 9.69 Å². The van der Waals surface area contributed by atoms with Crippen LogP contribution >= 0.6 is 0 Å². The molecule has 168 valence electrons. The van der Waals surface area contributed by atoms with Crippen LogP contribution in [0.5, 0.6) is 17.2 Å². The average Bonchev–Trinajstić information content (AvgIpc) is 3.31. The number of benzene rings is 2. The Labute approximate surface area is 185 Å².